The maximum absolute atomic E-state index is 12.4. The monoisotopic (exact) mass is 284 g/mol. The van der Waals surface area contributed by atoms with Crippen LogP contribution >= 0.6 is 0 Å². The van der Waals surface area contributed by atoms with Gasteiger partial charge in [-0.15, -0.1) is 0 Å². The van der Waals surface area contributed by atoms with Crippen LogP contribution in [0.1, 0.15) is 25.7 Å². The number of sulfone groups is 1. The van der Waals surface area contributed by atoms with Crippen molar-refractivity contribution in [3.63, 3.8) is 0 Å². The van der Waals surface area contributed by atoms with E-state index in [1.165, 1.54) is 24.3 Å². The molecule has 6 nitrogen and oxygen atoms in total. The molecule has 0 bridgehead atoms. The molecule has 0 spiro atoms. The minimum absolute atomic E-state index is 0.0864. The fourth-order valence-corrected chi connectivity index (χ4v) is 4.14. The summed E-state index contributed by atoms with van der Waals surface area (Å²) in [6.07, 6.45) is 2.52. The number of nitro benzene ring substituents is 1. The Bertz CT molecular complexity index is 560. The molecule has 1 fully saturated rings. The summed E-state index contributed by atoms with van der Waals surface area (Å²) in [6, 6.07) is 5.15. The van der Waals surface area contributed by atoms with Crippen molar-refractivity contribution in [3.05, 3.63) is 34.4 Å². The number of nitrogens with zero attached hydrogens (tertiary/aromatic N) is 1. The third-order valence-corrected chi connectivity index (χ3v) is 5.81. The zero-order valence-electron chi connectivity index (χ0n) is 10.4. The molecule has 0 aromatic heterocycles. The number of benzene rings is 1. The molecule has 0 unspecified atom stereocenters. The van der Waals surface area contributed by atoms with Crippen molar-refractivity contribution < 1.29 is 13.3 Å². The summed E-state index contributed by atoms with van der Waals surface area (Å²) in [5.74, 6) is 0. The molecular weight excluding hydrogens is 268 g/mol. The van der Waals surface area contributed by atoms with Crippen LogP contribution in [0.4, 0.5) is 5.69 Å². The van der Waals surface area contributed by atoms with Gasteiger partial charge in [-0.05, 0) is 37.8 Å². The van der Waals surface area contributed by atoms with Crippen LogP contribution < -0.4 is 5.73 Å². The number of rotatable bonds is 3. The smallest absolute Gasteiger partial charge is 0.269 e. The van der Waals surface area contributed by atoms with Gasteiger partial charge in [0.25, 0.3) is 5.69 Å². The Morgan fingerprint density at radius 3 is 2.11 bits per heavy atom. The molecule has 1 aromatic rings. The molecule has 0 aliphatic heterocycles. The predicted octanol–water partition coefficient (Wildman–Crippen LogP) is 1.64. The van der Waals surface area contributed by atoms with Gasteiger partial charge in [0, 0.05) is 18.2 Å². The molecule has 104 valence electrons. The van der Waals surface area contributed by atoms with Crippen LogP contribution in [0.25, 0.3) is 0 Å². The molecule has 1 aliphatic carbocycles. The van der Waals surface area contributed by atoms with Crippen LogP contribution in [-0.4, -0.2) is 24.6 Å². The standard InChI is InChI=1S/C12H16N2O4S/c13-9-1-5-11(6-2-9)19(17,18)12-7-3-10(4-8-12)14(15)16/h3-4,7-9,11H,1-2,5-6,13H2. The molecule has 0 atom stereocenters. The van der Waals surface area contributed by atoms with Crippen molar-refractivity contribution in [3.8, 4) is 0 Å². The Morgan fingerprint density at radius 1 is 1.11 bits per heavy atom. The first-order valence-corrected chi connectivity index (χ1v) is 7.70. The summed E-state index contributed by atoms with van der Waals surface area (Å²) in [6.45, 7) is 0. The van der Waals surface area contributed by atoms with Gasteiger partial charge >= 0.3 is 0 Å². The van der Waals surface area contributed by atoms with E-state index < -0.39 is 20.0 Å². The van der Waals surface area contributed by atoms with Crippen LogP contribution in [-0.2, 0) is 9.84 Å². The van der Waals surface area contributed by atoms with E-state index >= 15 is 0 Å². The zero-order valence-corrected chi connectivity index (χ0v) is 11.2. The van der Waals surface area contributed by atoms with E-state index in [4.69, 9.17) is 5.73 Å². The lowest BCUT2D eigenvalue weighted by Crippen LogP contribution is -2.33. The normalized spacial score (nSPS) is 24.1. The Hall–Kier alpha value is -1.47. The van der Waals surface area contributed by atoms with Gasteiger partial charge in [-0.3, -0.25) is 10.1 Å². The summed E-state index contributed by atoms with van der Waals surface area (Å²) in [4.78, 5) is 10.1. The molecule has 7 heteroatoms. The summed E-state index contributed by atoms with van der Waals surface area (Å²) in [7, 11) is -3.41. The van der Waals surface area contributed by atoms with E-state index in [2.05, 4.69) is 0 Å². The van der Waals surface area contributed by atoms with Gasteiger partial charge in [0.15, 0.2) is 9.84 Å². The minimum Gasteiger partial charge on any atom is -0.328 e. The zero-order chi connectivity index (χ0) is 14.0. The number of non-ortho nitro benzene ring substituents is 1. The molecular formula is C12H16N2O4S. The van der Waals surface area contributed by atoms with Crippen LogP contribution in [0.15, 0.2) is 29.2 Å². The second kappa shape index (κ2) is 5.26. The van der Waals surface area contributed by atoms with E-state index in [1.807, 2.05) is 0 Å². The number of hydrogen-bond acceptors (Lipinski definition) is 5. The third-order valence-electron chi connectivity index (χ3n) is 3.53. The molecule has 0 amide bonds. The van der Waals surface area contributed by atoms with Gasteiger partial charge < -0.3 is 5.73 Å². The van der Waals surface area contributed by atoms with E-state index in [0.29, 0.717) is 25.7 Å². The molecule has 0 saturated heterocycles. The van der Waals surface area contributed by atoms with Crippen LogP contribution in [0.5, 0.6) is 0 Å². The van der Waals surface area contributed by atoms with Gasteiger partial charge in [0.1, 0.15) is 0 Å². The highest BCUT2D eigenvalue weighted by molar-refractivity contribution is 7.92. The Morgan fingerprint density at radius 2 is 1.63 bits per heavy atom. The maximum Gasteiger partial charge on any atom is 0.269 e. The van der Waals surface area contributed by atoms with Gasteiger partial charge in [0.05, 0.1) is 15.1 Å². The summed E-state index contributed by atoms with van der Waals surface area (Å²) < 4.78 is 24.7. The fourth-order valence-electron chi connectivity index (χ4n) is 2.35. The molecule has 2 N–H and O–H groups in total. The Labute approximate surface area is 111 Å². The fraction of sp³-hybridized carbons (Fsp3) is 0.500. The van der Waals surface area contributed by atoms with E-state index in [-0.39, 0.29) is 16.6 Å². The molecule has 2 rings (SSSR count). The maximum atomic E-state index is 12.4. The quantitative estimate of drug-likeness (QED) is 0.671. The number of nitro groups is 1. The lowest BCUT2D eigenvalue weighted by atomic mass is 9.96. The molecule has 1 aliphatic rings. The van der Waals surface area contributed by atoms with Crippen molar-refractivity contribution in [2.45, 2.75) is 41.9 Å². The molecule has 19 heavy (non-hydrogen) atoms. The highest BCUT2D eigenvalue weighted by Crippen LogP contribution is 2.28. The molecule has 1 aromatic carbocycles. The number of nitrogens with two attached hydrogens (primary N) is 1. The Balaban J connectivity index is 2.22. The minimum atomic E-state index is -3.41. The van der Waals surface area contributed by atoms with E-state index in [1.54, 1.807) is 0 Å². The van der Waals surface area contributed by atoms with Crippen LogP contribution in [0.3, 0.4) is 0 Å². The topological polar surface area (TPSA) is 103 Å². The van der Waals surface area contributed by atoms with Crippen molar-refractivity contribution >= 4 is 15.5 Å². The summed E-state index contributed by atoms with van der Waals surface area (Å²) in [5.41, 5.74) is 5.66. The first-order chi connectivity index (χ1) is 8.91. The second-order valence-corrected chi connectivity index (χ2v) is 7.06. The average Bonchev–Trinajstić information content (AvgIpc) is 2.39. The first-order valence-electron chi connectivity index (χ1n) is 6.15. The summed E-state index contributed by atoms with van der Waals surface area (Å²) in [5, 5.41) is 10.1. The van der Waals surface area contributed by atoms with Crippen LogP contribution in [0, 0.1) is 10.1 Å². The lowest BCUT2D eigenvalue weighted by molar-refractivity contribution is -0.384. The predicted molar refractivity (Wildman–Crippen MR) is 70.5 cm³/mol. The highest BCUT2D eigenvalue weighted by atomic mass is 32.2. The van der Waals surface area contributed by atoms with Crippen molar-refractivity contribution in [1.82, 2.24) is 0 Å². The second-order valence-electron chi connectivity index (χ2n) is 4.83. The third kappa shape index (κ3) is 2.93. The van der Waals surface area contributed by atoms with Gasteiger partial charge in [0.2, 0.25) is 0 Å². The van der Waals surface area contributed by atoms with Crippen molar-refractivity contribution in [1.29, 1.82) is 0 Å². The molecule has 0 radical (unpaired) electrons. The van der Waals surface area contributed by atoms with E-state index in [9.17, 15) is 18.5 Å². The summed E-state index contributed by atoms with van der Waals surface area (Å²) >= 11 is 0. The highest BCUT2D eigenvalue weighted by Gasteiger charge is 2.31. The molecule has 1 saturated carbocycles. The van der Waals surface area contributed by atoms with Crippen LogP contribution in [0.2, 0.25) is 0 Å². The number of hydrogen-bond donors (Lipinski definition) is 1. The van der Waals surface area contributed by atoms with Gasteiger partial charge in [-0.1, -0.05) is 0 Å². The van der Waals surface area contributed by atoms with Gasteiger partial charge in [-0.2, -0.15) is 0 Å². The average molecular weight is 284 g/mol. The van der Waals surface area contributed by atoms with E-state index in [0.717, 1.165) is 0 Å². The largest absolute Gasteiger partial charge is 0.328 e. The Kier molecular flexibility index (Phi) is 3.86. The first kappa shape index (κ1) is 14.0. The molecule has 0 heterocycles. The SMILES string of the molecule is NC1CCC(S(=O)(=O)c2ccc([N+](=O)[O-])cc2)CC1. The van der Waals surface area contributed by atoms with Crippen molar-refractivity contribution in [2.24, 2.45) is 5.73 Å². The lowest BCUT2D eigenvalue weighted by Gasteiger charge is -2.25. The van der Waals surface area contributed by atoms with Gasteiger partial charge in [-0.25, -0.2) is 8.42 Å². The van der Waals surface area contributed by atoms with Crippen molar-refractivity contribution in [2.75, 3.05) is 0 Å².